The van der Waals surface area contributed by atoms with Crippen molar-refractivity contribution in [2.75, 3.05) is 6.61 Å². The Bertz CT molecular complexity index is 445. The van der Waals surface area contributed by atoms with Crippen LogP contribution in [0, 0.1) is 17.5 Å². The van der Waals surface area contributed by atoms with E-state index in [1.807, 2.05) is 0 Å². The fourth-order valence-electron chi connectivity index (χ4n) is 1.46. The molecule has 0 radical (unpaired) electrons. The Morgan fingerprint density at radius 3 is 2.19 bits per heavy atom. The van der Waals surface area contributed by atoms with Crippen LogP contribution in [0.25, 0.3) is 0 Å². The maximum atomic E-state index is 13.4. The molecule has 0 spiro atoms. The first-order valence-corrected chi connectivity index (χ1v) is 4.77. The third kappa shape index (κ3) is 1.89. The minimum atomic E-state index is -1.01. The number of ether oxygens (including phenoxy) is 1. The average Bonchev–Trinajstić information content (AvgIpc) is 2.44. The molecule has 86 valence electrons. The molecule has 1 aromatic rings. The molecular weight excluding hydrogens is 219 g/mol. The van der Waals surface area contributed by atoms with E-state index in [4.69, 9.17) is 4.74 Å². The fraction of sp³-hybridized carbons (Fsp3) is 0.364. The van der Waals surface area contributed by atoms with Crippen molar-refractivity contribution < 1.29 is 17.9 Å². The summed E-state index contributed by atoms with van der Waals surface area (Å²) in [5, 5.41) is 0. The summed E-state index contributed by atoms with van der Waals surface area (Å²) in [4.78, 5) is 4.03. The predicted molar refractivity (Wildman–Crippen MR) is 52.9 cm³/mol. The SMILES string of the molecule is CC1(C)COC(c2c(F)cc(F)cc2F)=N1. The first-order chi connectivity index (χ1) is 7.39. The van der Waals surface area contributed by atoms with Crippen LogP contribution in [0.15, 0.2) is 17.1 Å². The van der Waals surface area contributed by atoms with Crippen LogP contribution in [0.2, 0.25) is 0 Å². The van der Waals surface area contributed by atoms with E-state index in [0.717, 1.165) is 0 Å². The molecule has 0 fully saturated rings. The van der Waals surface area contributed by atoms with Crippen LogP contribution in [0.1, 0.15) is 19.4 Å². The van der Waals surface area contributed by atoms with E-state index in [9.17, 15) is 13.2 Å². The molecule has 0 unspecified atom stereocenters. The van der Waals surface area contributed by atoms with Crippen LogP contribution in [0.3, 0.4) is 0 Å². The van der Waals surface area contributed by atoms with Gasteiger partial charge in [0.25, 0.3) is 0 Å². The van der Waals surface area contributed by atoms with Gasteiger partial charge in [-0.3, -0.25) is 0 Å². The number of benzene rings is 1. The highest BCUT2D eigenvalue weighted by atomic mass is 19.1. The molecule has 16 heavy (non-hydrogen) atoms. The Labute approximate surface area is 90.8 Å². The number of rotatable bonds is 1. The minimum Gasteiger partial charge on any atom is -0.475 e. The third-order valence-corrected chi connectivity index (χ3v) is 2.19. The topological polar surface area (TPSA) is 21.6 Å². The van der Waals surface area contributed by atoms with Crippen molar-refractivity contribution in [3.8, 4) is 0 Å². The molecule has 1 aromatic carbocycles. The van der Waals surface area contributed by atoms with Crippen LogP contribution in [-0.2, 0) is 4.74 Å². The van der Waals surface area contributed by atoms with Crippen LogP contribution >= 0.6 is 0 Å². The number of aliphatic imine (C=N–C) groups is 1. The van der Waals surface area contributed by atoms with E-state index in [0.29, 0.717) is 12.1 Å². The maximum Gasteiger partial charge on any atom is 0.222 e. The molecule has 0 amide bonds. The molecule has 0 N–H and O–H groups in total. The summed E-state index contributed by atoms with van der Waals surface area (Å²) < 4.78 is 44.5. The van der Waals surface area contributed by atoms with E-state index >= 15 is 0 Å². The van der Waals surface area contributed by atoms with Crippen molar-refractivity contribution in [2.45, 2.75) is 19.4 Å². The zero-order valence-corrected chi connectivity index (χ0v) is 8.85. The van der Waals surface area contributed by atoms with Crippen molar-refractivity contribution >= 4 is 5.90 Å². The summed E-state index contributed by atoms with van der Waals surface area (Å²) in [6.07, 6.45) is 0. The summed E-state index contributed by atoms with van der Waals surface area (Å²) in [7, 11) is 0. The molecule has 0 saturated heterocycles. The first kappa shape index (κ1) is 11.0. The van der Waals surface area contributed by atoms with Crippen molar-refractivity contribution in [2.24, 2.45) is 4.99 Å². The standard InChI is InChI=1S/C11H10F3NO/c1-11(2)5-16-10(15-11)9-7(13)3-6(12)4-8(9)14/h3-4H,5H2,1-2H3. The summed E-state index contributed by atoms with van der Waals surface area (Å²) in [5.41, 5.74) is -0.922. The summed E-state index contributed by atoms with van der Waals surface area (Å²) in [6.45, 7) is 3.80. The van der Waals surface area contributed by atoms with Gasteiger partial charge in [0.2, 0.25) is 5.90 Å². The minimum absolute atomic E-state index is 0.111. The molecule has 2 nitrogen and oxygen atoms in total. The van der Waals surface area contributed by atoms with Gasteiger partial charge >= 0.3 is 0 Å². The van der Waals surface area contributed by atoms with Gasteiger partial charge in [0.15, 0.2) is 0 Å². The van der Waals surface area contributed by atoms with Gasteiger partial charge in [-0.05, 0) is 13.8 Å². The number of halogens is 3. The van der Waals surface area contributed by atoms with Crippen LogP contribution < -0.4 is 0 Å². The second-order valence-corrected chi connectivity index (χ2v) is 4.26. The van der Waals surface area contributed by atoms with Gasteiger partial charge in [-0.25, -0.2) is 18.2 Å². The Morgan fingerprint density at radius 2 is 1.75 bits per heavy atom. The lowest BCUT2D eigenvalue weighted by molar-refractivity contribution is 0.278. The van der Waals surface area contributed by atoms with Crippen molar-refractivity contribution in [1.82, 2.24) is 0 Å². The molecule has 0 bridgehead atoms. The van der Waals surface area contributed by atoms with Gasteiger partial charge in [-0.1, -0.05) is 0 Å². The van der Waals surface area contributed by atoms with Crippen LogP contribution in [0.5, 0.6) is 0 Å². The van der Waals surface area contributed by atoms with Crippen LogP contribution in [0.4, 0.5) is 13.2 Å². The lowest BCUT2D eigenvalue weighted by atomic mass is 10.1. The Morgan fingerprint density at radius 1 is 1.19 bits per heavy atom. The molecule has 1 aliphatic heterocycles. The molecule has 2 rings (SSSR count). The van der Waals surface area contributed by atoms with E-state index in [-0.39, 0.29) is 12.5 Å². The smallest absolute Gasteiger partial charge is 0.222 e. The van der Waals surface area contributed by atoms with Crippen molar-refractivity contribution in [3.63, 3.8) is 0 Å². The van der Waals surface area contributed by atoms with Gasteiger partial charge in [0.05, 0.1) is 5.54 Å². The molecule has 0 aliphatic carbocycles. The van der Waals surface area contributed by atoms with Gasteiger partial charge in [0.1, 0.15) is 29.6 Å². The molecule has 5 heteroatoms. The first-order valence-electron chi connectivity index (χ1n) is 4.77. The normalized spacial score (nSPS) is 18.2. The van der Waals surface area contributed by atoms with E-state index in [2.05, 4.69) is 4.99 Å². The van der Waals surface area contributed by atoms with Crippen LogP contribution in [-0.4, -0.2) is 18.0 Å². The highest BCUT2D eigenvalue weighted by Gasteiger charge is 2.30. The molecule has 0 aromatic heterocycles. The van der Waals surface area contributed by atoms with E-state index in [1.165, 1.54) is 0 Å². The lowest BCUT2D eigenvalue weighted by Crippen LogP contribution is -2.17. The predicted octanol–water partition coefficient (Wildman–Crippen LogP) is 2.66. The Kier molecular flexibility index (Phi) is 2.40. The lowest BCUT2D eigenvalue weighted by Gasteiger charge is -2.07. The van der Waals surface area contributed by atoms with Gasteiger partial charge in [-0.2, -0.15) is 0 Å². The quantitative estimate of drug-likeness (QED) is 0.725. The summed E-state index contributed by atoms with van der Waals surface area (Å²) in [6, 6.07) is 1.21. The molecule has 1 heterocycles. The molecule has 0 atom stereocenters. The number of hydrogen-bond acceptors (Lipinski definition) is 2. The monoisotopic (exact) mass is 229 g/mol. The highest BCUT2D eigenvalue weighted by Crippen LogP contribution is 2.24. The van der Waals surface area contributed by atoms with E-state index < -0.39 is 28.6 Å². The Balaban J connectivity index is 2.50. The second-order valence-electron chi connectivity index (χ2n) is 4.26. The average molecular weight is 229 g/mol. The summed E-state index contributed by atoms with van der Waals surface area (Å²) >= 11 is 0. The van der Waals surface area contributed by atoms with E-state index in [1.54, 1.807) is 13.8 Å². The fourth-order valence-corrected chi connectivity index (χ4v) is 1.46. The molecular formula is C11H10F3NO. The largest absolute Gasteiger partial charge is 0.475 e. The number of nitrogens with zero attached hydrogens (tertiary/aromatic N) is 1. The zero-order chi connectivity index (χ0) is 11.9. The van der Waals surface area contributed by atoms with Gasteiger partial charge in [0, 0.05) is 12.1 Å². The molecule has 0 saturated carbocycles. The highest BCUT2D eigenvalue weighted by molar-refractivity contribution is 5.95. The van der Waals surface area contributed by atoms with Gasteiger partial charge in [-0.15, -0.1) is 0 Å². The Hall–Kier alpha value is -1.52. The van der Waals surface area contributed by atoms with Crippen molar-refractivity contribution in [1.29, 1.82) is 0 Å². The maximum absolute atomic E-state index is 13.4. The van der Waals surface area contributed by atoms with Gasteiger partial charge < -0.3 is 4.74 Å². The number of hydrogen-bond donors (Lipinski definition) is 0. The second kappa shape index (κ2) is 3.50. The third-order valence-electron chi connectivity index (χ3n) is 2.19. The summed E-state index contributed by atoms with van der Waals surface area (Å²) in [5.74, 6) is -3.08. The molecule has 1 aliphatic rings. The zero-order valence-electron chi connectivity index (χ0n) is 8.85. The van der Waals surface area contributed by atoms with Crippen molar-refractivity contribution in [3.05, 3.63) is 35.1 Å².